The van der Waals surface area contributed by atoms with Crippen molar-refractivity contribution in [3.05, 3.63) is 78.4 Å². The molecule has 1 aliphatic heterocycles. The Bertz CT molecular complexity index is 1330. The first-order valence-corrected chi connectivity index (χ1v) is 12.3. The molecule has 9 nitrogen and oxygen atoms in total. The number of ether oxygens (including phenoxy) is 3. The first kappa shape index (κ1) is 24.1. The SMILES string of the molecule is CN(c1ccccc1)S(=O)(=O)c1ccccc1C(=O)OCC(=O)Nc1ccc2c(c1)OCCCO2. The molecule has 0 bridgehead atoms. The van der Waals surface area contributed by atoms with Gasteiger partial charge in [0.1, 0.15) is 4.90 Å². The van der Waals surface area contributed by atoms with Gasteiger partial charge >= 0.3 is 5.97 Å². The van der Waals surface area contributed by atoms with Gasteiger partial charge < -0.3 is 19.5 Å². The maximum Gasteiger partial charge on any atom is 0.340 e. The molecule has 0 fully saturated rings. The summed E-state index contributed by atoms with van der Waals surface area (Å²) in [7, 11) is -2.66. The Labute approximate surface area is 203 Å². The molecule has 0 spiro atoms. The molecule has 0 saturated heterocycles. The van der Waals surface area contributed by atoms with Gasteiger partial charge in [-0.25, -0.2) is 13.2 Å². The highest BCUT2D eigenvalue weighted by Crippen LogP contribution is 2.32. The first-order chi connectivity index (χ1) is 16.9. The van der Waals surface area contributed by atoms with E-state index >= 15 is 0 Å². The number of hydrogen-bond donors (Lipinski definition) is 1. The number of amides is 1. The van der Waals surface area contributed by atoms with E-state index in [1.54, 1.807) is 48.5 Å². The second-order valence-electron chi connectivity index (χ2n) is 7.64. The fraction of sp³-hybridized carbons (Fsp3) is 0.200. The van der Waals surface area contributed by atoms with Crippen molar-refractivity contribution in [3.8, 4) is 11.5 Å². The van der Waals surface area contributed by atoms with Crippen LogP contribution in [0.25, 0.3) is 0 Å². The molecule has 0 saturated carbocycles. The van der Waals surface area contributed by atoms with E-state index in [2.05, 4.69) is 5.32 Å². The third-order valence-electron chi connectivity index (χ3n) is 5.23. The smallest absolute Gasteiger partial charge is 0.340 e. The number of hydrogen-bond acceptors (Lipinski definition) is 7. The van der Waals surface area contributed by atoms with Crippen molar-refractivity contribution in [2.45, 2.75) is 11.3 Å². The first-order valence-electron chi connectivity index (χ1n) is 10.9. The Balaban J connectivity index is 1.44. The molecule has 0 unspecified atom stereocenters. The van der Waals surface area contributed by atoms with Crippen LogP contribution in [0.3, 0.4) is 0 Å². The molecule has 0 atom stereocenters. The quantitative estimate of drug-likeness (QED) is 0.499. The van der Waals surface area contributed by atoms with Crippen LogP contribution in [0.15, 0.2) is 77.7 Å². The standard InChI is InChI=1S/C25H24N2O7S/c1-27(19-8-3-2-4-9-19)35(30,31)23-11-6-5-10-20(23)25(29)34-17-24(28)26-18-12-13-21-22(16-18)33-15-7-14-32-21/h2-6,8-13,16H,7,14-15,17H2,1H3,(H,26,28). The third kappa shape index (κ3) is 5.55. The van der Waals surface area contributed by atoms with Crippen LogP contribution in [0.4, 0.5) is 11.4 Å². The topological polar surface area (TPSA) is 111 Å². The summed E-state index contributed by atoms with van der Waals surface area (Å²) in [6.45, 7) is 0.451. The predicted octanol–water partition coefficient (Wildman–Crippen LogP) is 3.47. The normalized spacial score (nSPS) is 12.8. The predicted molar refractivity (Wildman–Crippen MR) is 129 cm³/mol. The Morgan fingerprint density at radius 1 is 0.943 bits per heavy atom. The number of esters is 1. The lowest BCUT2D eigenvalue weighted by molar-refractivity contribution is -0.119. The van der Waals surface area contributed by atoms with Crippen molar-refractivity contribution in [3.63, 3.8) is 0 Å². The summed E-state index contributed by atoms with van der Waals surface area (Å²) in [6, 6.07) is 19.1. The Kier molecular flexibility index (Phi) is 7.21. The van der Waals surface area contributed by atoms with Gasteiger partial charge in [0.15, 0.2) is 18.1 Å². The van der Waals surface area contributed by atoms with Gasteiger partial charge in [0.25, 0.3) is 15.9 Å². The number of benzene rings is 3. The van der Waals surface area contributed by atoms with Gasteiger partial charge in [0.05, 0.1) is 24.5 Å². The molecule has 3 aromatic carbocycles. The van der Waals surface area contributed by atoms with E-state index in [0.717, 1.165) is 10.7 Å². The molecule has 4 rings (SSSR count). The number of fused-ring (bicyclic) bond motifs is 1. The van der Waals surface area contributed by atoms with Crippen LogP contribution in [0.2, 0.25) is 0 Å². The van der Waals surface area contributed by atoms with Crippen LogP contribution >= 0.6 is 0 Å². The van der Waals surface area contributed by atoms with Crippen molar-refractivity contribution in [1.82, 2.24) is 0 Å². The molecule has 182 valence electrons. The van der Waals surface area contributed by atoms with Crippen LogP contribution in [0.5, 0.6) is 11.5 Å². The molecular weight excluding hydrogens is 472 g/mol. The van der Waals surface area contributed by atoms with E-state index in [1.165, 1.54) is 31.3 Å². The summed E-state index contributed by atoms with van der Waals surface area (Å²) in [4.78, 5) is 24.9. The lowest BCUT2D eigenvalue weighted by Crippen LogP contribution is -2.28. The fourth-order valence-electron chi connectivity index (χ4n) is 3.43. The monoisotopic (exact) mass is 496 g/mol. The molecule has 0 radical (unpaired) electrons. The van der Waals surface area contributed by atoms with Gasteiger partial charge in [-0.15, -0.1) is 0 Å². The van der Waals surface area contributed by atoms with Gasteiger partial charge in [0.2, 0.25) is 0 Å². The van der Waals surface area contributed by atoms with Gasteiger partial charge in [0, 0.05) is 25.2 Å². The number of nitrogens with zero attached hydrogens (tertiary/aromatic N) is 1. The van der Waals surface area contributed by atoms with Gasteiger partial charge in [-0.1, -0.05) is 30.3 Å². The second-order valence-corrected chi connectivity index (χ2v) is 9.58. The number of nitrogens with one attached hydrogen (secondary N) is 1. The van der Waals surface area contributed by atoms with E-state index in [0.29, 0.717) is 36.1 Å². The van der Waals surface area contributed by atoms with Gasteiger partial charge in [-0.05, 0) is 36.4 Å². The average molecular weight is 497 g/mol. The molecule has 35 heavy (non-hydrogen) atoms. The van der Waals surface area contributed by atoms with Crippen molar-refractivity contribution in [2.24, 2.45) is 0 Å². The lowest BCUT2D eigenvalue weighted by atomic mass is 10.2. The number of para-hydroxylation sites is 1. The largest absolute Gasteiger partial charge is 0.490 e. The number of carbonyl (C=O) groups is 2. The van der Waals surface area contributed by atoms with Gasteiger partial charge in [-0.2, -0.15) is 0 Å². The van der Waals surface area contributed by atoms with E-state index in [4.69, 9.17) is 14.2 Å². The Morgan fingerprint density at radius 2 is 1.63 bits per heavy atom. The van der Waals surface area contributed by atoms with Crippen LogP contribution in [-0.2, 0) is 19.6 Å². The molecule has 0 aromatic heterocycles. The van der Waals surface area contributed by atoms with Crippen molar-refractivity contribution in [2.75, 3.05) is 36.5 Å². The molecule has 10 heteroatoms. The minimum absolute atomic E-state index is 0.168. The zero-order valence-corrected chi connectivity index (χ0v) is 19.8. The summed E-state index contributed by atoms with van der Waals surface area (Å²) < 4.78 is 43.8. The van der Waals surface area contributed by atoms with E-state index in [9.17, 15) is 18.0 Å². The zero-order chi connectivity index (χ0) is 24.8. The molecule has 1 aliphatic rings. The third-order valence-corrected chi connectivity index (χ3v) is 7.07. The molecule has 1 heterocycles. The van der Waals surface area contributed by atoms with Crippen LogP contribution in [0.1, 0.15) is 16.8 Å². The number of sulfonamides is 1. The fourth-order valence-corrected chi connectivity index (χ4v) is 4.81. The number of anilines is 2. The van der Waals surface area contributed by atoms with E-state index in [1.807, 2.05) is 0 Å². The molecule has 1 amide bonds. The summed E-state index contributed by atoms with van der Waals surface area (Å²) >= 11 is 0. The van der Waals surface area contributed by atoms with Crippen LogP contribution < -0.4 is 19.1 Å². The lowest BCUT2D eigenvalue weighted by Gasteiger charge is -2.20. The highest BCUT2D eigenvalue weighted by molar-refractivity contribution is 7.92. The van der Waals surface area contributed by atoms with Crippen molar-refractivity contribution < 1.29 is 32.2 Å². The second kappa shape index (κ2) is 10.5. The highest BCUT2D eigenvalue weighted by Gasteiger charge is 2.27. The van der Waals surface area contributed by atoms with E-state index in [-0.39, 0.29) is 10.5 Å². The summed E-state index contributed by atoms with van der Waals surface area (Å²) in [5, 5.41) is 2.63. The van der Waals surface area contributed by atoms with Crippen molar-refractivity contribution in [1.29, 1.82) is 0 Å². The molecular formula is C25H24N2O7S. The van der Waals surface area contributed by atoms with Gasteiger partial charge in [-0.3, -0.25) is 9.10 Å². The summed E-state index contributed by atoms with van der Waals surface area (Å²) in [5.74, 6) is -0.418. The number of carbonyl (C=O) groups excluding carboxylic acids is 2. The van der Waals surface area contributed by atoms with Crippen LogP contribution in [0, 0.1) is 0 Å². The average Bonchev–Trinajstić information content (AvgIpc) is 3.12. The minimum atomic E-state index is -4.06. The summed E-state index contributed by atoms with van der Waals surface area (Å²) in [6.07, 6.45) is 0.755. The Hall–Kier alpha value is -4.05. The maximum atomic E-state index is 13.2. The number of rotatable bonds is 7. The van der Waals surface area contributed by atoms with E-state index < -0.39 is 28.5 Å². The zero-order valence-electron chi connectivity index (χ0n) is 19.0. The minimum Gasteiger partial charge on any atom is -0.490 e. The van der Waals surface area contributed by atoms with Crippen molar-refractivity contribution >= 4 is 33.3 Å². The Morgan fingerprint density at radius 3 is 2.40 bits per heavy atom. The molecule has 1 N–H and O–H groups in total. The summed E-state index contributed by atoms with van der Waals surface area (Å²) in [5.41, 5.74) is 0.714. The van der Waals surface area contributed by atoms with Crippen LogP contribution in [-0.4, -0.2) is 47.2 Å². The molecule has 0 aliphatic carbocycles. The highest BCUT2D eigenvalue weighted by atomic mass is 32.2. The maximum absolute atomic E-state index is 13.2. The molecule has 3 aromatic rings.